The van der Waals surface area contributed by atoms with Gasteiger partial charge >= 0.3 is 0 Å². The van der Waals surface area contributed by atoms with Crippen molar-refractivity contribution in [2.24, 2.45) is 10.7 Å². The predicted molar refractivity (Wildman–Crippen MR) is 80.8 cm³/mol. The summed E-state index contributed by atoms with van der Waals surface area (Å²) in [4.78, 5) is 4.59. The Kier molecular flexibility index (Phi) is 3.30. The number of aliphatic imine (C=N–C) groups is 1. The maximum Gasteiger partial charge on any atom is 0.265 e. The highest BCUT2D eigenvalue weighted by Gasteiger charge is 2.35. The van der Waals surface area contributed by atoms with Crippen LogP contribution >= 0.6 is 0 Å². The number of fused-ring (bicyclic) bond motifs is 1. The lowest BCUT2D eigenvalue weighted by Crippen LogP contribution is -2.46. The second kappa shape index (κ2) is 5.01. The van der Waals surface area contributed by atoms with Gasteiger partial charge in [0, 0.05) is 18.9 Å². The summed E-state index contributed by atoms with van der Waals surface area (Å²) < 4.78 is 26.7. The Balaban J connectivity index is 1.93. The second-order valence-electron chi connectivity index (χ2n) is 4.91. The number of sulfonamides is 1. The second-order valence-corrected chi connectivity index (χ2v) is 6.75. The van der Waals surface area contributed by atoms with E-state index < -0.39 is 16.2 Å². The molecule has 0 fully saturated rings. The van der Waals surface area contributed by atoms with Gasteiger partial charge in [0.1, 0.15) is 0 Å². The van der Waals surface area contributed by atoms with Crippen LogP contribution in [-0.2, 0) is 10.0 Å². The van der Waals surface area contributed by atoms with Crippen LogP contribution in [0, 0.1) is 6.92 Å². The number of nitrogens with two attached hydrogens (primary N) is 1. The highest BCUT2D eigenvalue weighted by Crippen LogP contribution is 2.24. The average Bonchev–Trinajstić information content (AvgIpc) is 2.91. The van der Waals surface area contributed by atoms with Gasteiger partial charge in [0.2, 0.25) is 0 Å². The van der Waals surface area contributed by atoms with Crippen LogP contribution in [0.15, 0.2) is 58.3 Å². The highest BCUT2D eigenvalue weighted by atomic mass is 32.2. The maximum atomic E-state index is 12.7. The number of nitrogens with zero attached hydrogens (tertiary/aromatic N) is 2. The first-order valence-electron chi connectivity index (χ1n) is 6.54. The summed E-state index contributed by atoms with van der Waals surface area (Å²) in [6, 6.07) is 6.78. The molecule has 0 saturated heterocycles. The lowest BCUT2D eigenvalue weighted by Gasteiger charge is -2.27. The van der Waals surface area contributed by atoms with Gasteiger partial charge in [-0.3, -0.25) is 4.99 Å². The molecule has 1 aromatic carbocycles. The zero-order chi connectivity index (χ0) is 15.0. The quantitative estimate of drug-likeness (QED) is 0.860. The minimum atomic E-state index is -3.61. The van der Waals surface area contributed by atoms with E-state index in [0.29, 0.717) is 18.0 Å². The molecule has 2 aliphatic rings. The van der Waals surface area contributed by atoms with Gasteiger partial charge in [-0.2, -0.15) is 0 Å². The Morgan fingerprint density at radius 1 is 1.33 bits per heavy atom. The molecule has 110 valence electrons. The van der Waals surface area contributed by atoms with E-state index in [2.05, 4.69) is 10.3 Å². The van der Waals surface area contributed by atoms with Crippen molar-refractivity contribution >= 4 is 15.7 Å². The normalized spacial score (nSPS) is 20.7. The fraction of sp³-hybridized carbons (Fsp3) is 0.214. The molecule has 2 heterocycles. The maximum absolute atomic E-state index is 12.7. The van der Waals surface area contributed by atoms with Crippen LogP contribution in [0.3, 0.4) is 0 Å². The smallest absolute Gasteiger partial charge is 0.265 e. The molecule has 1 atom stereocenters. The van der Waals surface area contributed by atoms with Crippen molar-refractivity contribution in [3.8, 4) is 0 Å². The molecular formula is C14H16N4O2S. The van der Waals surface area contributed by atoms with Crippen LogP contribution in [0.1, 0.15) is 5.56 Å². The fourth-order valence-corrected chi connectivity index (χ4v) is 3.63. The Hall–Kier alpha value is -2.12. The Morgan fingerprint density at radius 3 is 2.71 bits per heavy atom. The SMILES string of the molecule is Cc1ccc(S(=O)(=O)N2C=CC3=NC(CN)=CNC32)cc1. The number of rotatable bonds is 3. The summed E-state index contributed by atoms with van der Waals surface area (Å²) in [7, 11) is -3.61. The molecule has 6 nitrogen and oxygen atoms in total. The minimum Gasteiger partial charge on any atom is -0.364 e. The van der Waals surface area contributed by atoms with E-state index in [-0.39, 0.29) is 4.90 Å². The van der Waals surface area contributed by atoms with Gasteiger partial charge < -0.3 is 11.1 Å². The molecule has 0 amide bonds. The molecule has 2 aliphatic heterocycles. The molecule has 21 heavy (non-hydrogen) atoms. The summed E-state index contributed by atoms with van der Waals surface area (Å²) in [6.07, 6.45) is 4.36. The van der Waals surface area contributed by atoms with Crippen LogP contribution in [0.2, 0.25) is 0 Å². The molecule has 1 aromatic rings. The summed E-state index contributed by atoms with van der Waals surface area (Å²) in [5, 5.41) is 3.03. The van der Waals surface area contributed by atoms with E-state index >= 15 is 0 Å². The molecule has 7 heteroatoms. The van der Waals surface area contributed by atoms with E-state index in [4.69, 9.17) is 5.73 Å². The molecule has 0 bridgehead atoms. The van der Waals surface area contributed by atoms with Gasteiger partial charge in [0.25, 0.3) is 10.0 Å². The number of hydrogen-bond donors (Lipinski definition) is 2. The fourth-order valence-electron chi connectivity index (χ4n) is 2.24. The third-order valence-electron chi connectivity index (χ3n) is 3.41. The lowest BCUT2D eigenvalue weighted by molar-refractivity contribution is 0.447. The van der Waals surface area contributed by atoms with Crippen LogP contribution in [-0.4, -0.2) is 31.1 Å². The Labute approximate surface area is 123 Å². The van der Waals surface area contributed by atoms with E-state index in [9.17, 15) is 8.42 Å². The zero-order valence-electron chi connectivity index (χ0n) is 11.5. The average molecular weight is 304 g/mol. The monoisotopic (exact) mass is 304 g/mol. The van der Waals surface area contributed by atoms with Gasteiger partial charge in [0.05, 0.1) is 16.3 Å². The molecule has 0 aliphatic carbocycles. The minimum absolute atomic E-state index is 0.259. The Bertz CT molecular complexity index is 748. The third kappa shape index (κ3) is 2.34. The summed E-state index contributed by atoms with van der Waals surface area (Å²) in [6.45, 7) is 2.22. The first-order valence-corrected chi connectivity index (χ1v) is 7.98. The molecule has 3 N–H and O–H groups in total. The number of aryl methyl sites for hydroxylation is 1. The van der Waals surface area contributed by atoms with Crippen molar-refractivity contribution in [3.63, 3.8) is 0 Å². The summed E-state index contributed by atoms with van der Waals surface area (Å²) >= 11 is 0. The van der Waals surface area contributed by atoms with Crippen molar-refractivity contribution < 1.29 is 8.42 Å². The van der Waals surface area contributed by atoms with Crippen molar-refractivity contribution in [1.82, 2.24) is 9.62 Å². The van der Waals surface area contributed by atoms with Crippen LogP contribution in [0.25, 0.3) is 0 Å². The molecule has 0 spiro atoms. The number of benzene rings is 1. The zero-order valence-corrected chi connectivity index (χ0v) is 12.3. The van der Waals surface area contributed by atoms with E-state index in [1.54, 1.807) is 36.5 Å². The van der Waals surface area contributed by atoms with Crippen molar-refractivity contribution in [1.29, 1.82) is 0 Å². The molecule has 1 unspecified atom stereocenters. The van der Waals surface area contributed by atoms with Gasteiger partial charge in [-0.1, -0.05) is 17.7 Å². The van der Waals surface area contributed by atoms with Gasteiger partial charge in [-0.05, 0) is 25.1 Å². The van der Waals surface area contributed by atoms with Gasteiger partial charge in [0.15, 0.2) is 6.17 Å². The van der Waals surface area contributed by atoms with Gasteiger partial charge in [-0.25, -0.2) is 12.7 Å². The largest absolute Gasteiger partial charge is 0.364 e. The summed E-state index contributed by atoms with van der Waals surface area (Å²) in [5.41, 5.74) is 7.90. The highest BCUT2D eigenvalue weighted by molar-refractivity contribution is 7.89. The van der Waals surface area contributed by atoms with Crippen molar-refractivity contribution in [2.75, 3.05) is 6.54 Å². The van der Waals surface area contributed by atoms with E-state index in [1.165, 1.54) is 10.5 Å². The first kappa shape index (κ1) is 13.8. The Morgan fingerprint density at radius 2 is 2.05 bits per heavy atom. The molecule has 3 rings (SSSR count). The van der Waals surface area contributed by atoms with Crippen LogP contribution in [0.4, 0.5) is 0 Å². The summed E-state index contributed by atoms with van der Waals surface area (Å²) in [5.74, 6) is 0. The molecule has 0 saturated carbocycles. The third-order valence-corrected chi connectivity index (χ3v) is 5.17. The van der Waals surface area contributed by atoms with E-state index in [1.807, 2.05) is 6.92 Å². The molecule has 0 radical (unpaired) electrons. The molecule has 0 aromatic heterocycles. The topological polar surface area (TPSA) is 87.8 Å². The number of hydrogen-bond acceptors (Lipinski definition) is 5. The number of nitrogens with one attached hydrogen (secondary N) is 1. The van der Waals surface area contributed by atoms with Crippen molar-refractivity contribution in [2.45, 2.75) is 18.0 Å². The van der Waals surface area contributed by atoms with Crippen LogP contribution in [0.5, 0.6) is 0 Å². The predicted octanol–water partition coefficient (Wildman–Crippen LogP) is 0.683. The van der Waals surface area contributed by atoms with Crippen LogP contribution < -0.4 is 11.1 Å². The van der Waals surface area contributed by atoms with Crippen molar-refractivity contribution in [3.05, 3.63) is 54.0 Å². The molecular weight excluding hydrogens is 288 g/mol. The van der Waals surface area contributed by atoms with E-state index in [0.717, 1.165) is 5.56 Å². The van der Waals surface area contributed by atoms with Gasteiger partial charge in [-0.15, -0.1) is 0 Å². The standard InChI is InChI=1S/C14H16N4O2S/c1-10-2-4-12(5-3-10)21(19,20)18-7-6-13-14(18)16-9-11(8-15)17-13/h2-7,9,14,16H,8,15H2,1H3. The lowest BCUT2D eigenvalue weighted by atomic mass is 10.2. The first-order chi connectivity index (χ1) is 10.0.